The van der Waals surface area contributed by atoms with Gasteiger partial charge >= 0.3 is 5.97 Å². The van der Waals surface area contributed by atoms with Gasteiger partial charge in [0, 0.05) is 6.42 Å². The summed E-state index contributed by atoms with van der Waals surface area (Å²) in [5.41, 5.74) is 0. The quantitative estimate of drug-likeness (QED) is 0.124. The average Bonchev–Trinajstić information content (AvgIpc) is 2.75. The molecule has 0 bridgehead atoms. The van der Waals surface area contributed by atoms with Crippen LogP contribution in [0.25, 0.3) is 0 Å². The van der Waals surface area contributed by atoms with Crippen molar-refractivity contribution in [3.05, 3.63) is 0 Å². The highest BCUT2D eigenvalue weighted by Gasteiger charge is 2.10. The van der Waals surface area contributed by atoms with Crippen molar-refractivity contribution in [2.45, 2.75) is 135 Å². The van der Waals surface area contributed by atoms with Gasteiger partial charge in [-0.3, -0.25) is 4.79 Å². The summed E-state index contributed by atoms with van der Waals surface area (Å²) in [6.07, 6.45) is 25.8. The van der Waals surface area contributed by atoms with E-state index in [0.717, 1.165) is 12.8 Å². The monoisotopic (exact) mass is 443 g/mol. The Morgan fingerprint density at radius 3 is 1.23 bits per heavy atom. The van der Waals surface area contributed by atoms with Gasteiger partial charge in [0.25, 0.3) is 0 Å². The van der Waals surface area contributed by atoms with Crippen molar-refractivity contribution in [3.8, 4) is 0 Å². The van der Waals surface area contributed by atoms with Crippen LogP contribution in [0.2, 0.25) is 0 Å². The number of rotatable bonds is 25. The molecule has 0 amide bonds. The van der Waals surface area contributed by atoms with Crippen LogP contribution < -0.4 is 0 Å². The number of aliphatic hydroxyl groups is 2. The zero-order valence-corrected chi connectivity index (χ0v) is 20.6. The number of unbranched alkanes of at least 4 members (excludes halogenated alkanes) is 18. The first-order valence-electron chi connectivity index (χ1n) is 13.4. The molecule has 0 heterocycles. The average molecular weight is 444 g/mol. The van der Waals surface area contributed by atoms with Gasteiger partial charge in [-0.05, 0) is 6.42 Å². The second-order valence-corrected chi connectivity index (χ2v) is 8.95. The summed E-state index contributed by atoms with van der Waals surface area (Å²) < 4.78 is 0. The zero-order valence-electron chi connectivity index (χ0n) is 20.6. The number of nitrogens with zero attached hydrogens (tertiary/aromatic N) is 1. The molecule has 0 saturated heterocycles. The number of aliphatic hydroxyl groups excluding tert-OH is 2. The molecule has 0 aliphatic rings. The van der Waals surface area contributed by atoms with E-state index in [9.17, 15) is 4.79 Å². The van der Waals surface area contributed by atoms with Crippen LogP contribution in [0.3, 0.4) is 0 Å². The summed E-state index contributed by atoms with van der Waals surface area (Å²) >= 11 is 0. The maximum Gasteiger partial charge on any atom is 0.325 e. The van der Waals surface area contributed by atoms with E-state index in [1.807, 2.05) is 0 Å². The van der Waals surface area contributed by atoms with E-state index in [0.29, 0.717) is 6.42 Å². The number of hydrogen-bond acceptors (Lipinski definition) is 5. The van der Waals surface area contributed by atoms with E-state index in [2.05, 4.69) is 6.92 Å². The summed E-state index contributed by atoms with van der Waals surface area (Å²) in [6.45, 7) is 2.58. The fraction of sp³-hybridized carbons (Fsp3) is 0.962. The molecule has 5 nitrogen and oxygen atoms in total. The van der Waals surface area contributed by atoms with E-state index in [4.69, 9.17) is 15.1 Å². The maximum atomic E-state index is 11.8. The molecule has 0 radical (unpaired) electrons. The Hall–Kier alpha value is -0.650. The summed E-state index contributed by atoms with van der Waals surface area (Å²) in [5, 5.41) is 19.1. The molecule has 31 heavy (non-hydrogen) atoms. The van der Waals surface area contributed by atoms with E-state index in [1.54, 1.807) is 0 Å². The Bertz CT molecular complexity index is 359. The minimum absolute atomic E-state index is 0.0907. The standard InChI is InChI=1S/C26H53NO4/c1-2-3-4-5-6-7-8-9-10-11-12-13-14-15-16-17-18-19-20-21-26(30)31-27(22-24-28)23-25-29/h28-29H,2-25H2,1H3. The highest BCUT2D eigenvalue weighted by Crippen LogP contribution is 2.15. The van der Waals surface area contributed by atoms with E-state index in [1.165, 1.54) is 114 Å². The molecule has 186 valence electrons. The number of carbonyl (C=O) groups excluding carboxylic acids is 1. The Morgan fingerprint density at radius 1 is 0.581 bits per heavy atom. The fourth-order valence-corrected chi connectivity index (χ4v) is 3.96. The minimum atomic E-state index is -0.270. The number of carbonyl (C=O) groups is 1. The van der Waals surface area contributed by atoms with Crippen molar-refractivity contribution in [3.63, 3.8) is 0 Å². The first-order chi connectivity index (χ1) is 15.2. The van der Waals surface area contributed by atoms with E-state index in [-0.39, 0.29) is 32.3 Å². The molecule has 0 saturated carbocycles. The fourth-order valence-electron chi connectivity index (χ4n) is 3.96. The highest BCUT2D eigenvalue weighted by molar-refractivity contribution is 5.68. The predicted octanol–water partition coefficient (Wildman–Crippen LogP) is 6.55. The lowest BCUT2D eigenvalue weighted by Gasteiger charge is -2.18. The first kappa shape index (κ1) is 30.4. The van der Waals surface area contributed by atoms with Crippen LogP contribution in [-0.4, -0.2) is 47.5 Å². The van der Waals surface area contributed by atoms with Gasteiger partial charge in [-0.1, -0.05) is 122 Å². The summed E-state index contributed by atoms with van der Waals surface area (Å²) in [6, 6.07) is 0. The van der Waals surface area contributed by atoms with Crippen molar-refractivity contribution in [1.82, 2.24) is 5.06 Å². The summed E-state index contributed by atoms with van der Waals surface area (Å²) in [5.74, 6) is -0.270. The van der Waals surface area contributed by atoms with Crippen LogP contribution >= 0.6 is 0 Å². The van der Waals surface area contributed by atoms with Gasteiger partial charge in [-0.25, -0.2) is 0 Å². The molecule has 0 aliphatic carbocycles. The van der Waals surface area contributed by atoms with Gasteiger partial charge in [0.05, 0.1) is 26.3 Å². The maximum absolute atomic E-state index is 11.8. The van der Waals surface area contributed by atoms with Crippen molar-refractivity contribution in [2.24, 2.45) is 0 Å². The molecule has 0 spiro atoms. The minimum Gasteiger partial charge on any atom is -0.395 e. The van der Waals surface area contributed by atoms with Crippen LogP contribution in [0.15, 0.2) is 0 Å². The molecule has 0 aromatic carbocycles. The third-order valence-corrected chi connectivity index (χ3v) is 5.91. The first-order valence-corrected chi connectivity index (χ1v) is 13.4. The second-order valence-electron chi connectivity index (χ2n) is 8.95. The van der Waals surface area contributed by atoms with Crippen LogP contribution in [0, 0.1) is 0 Å². The Labute approximate surface area is 192 Å². The molecule has 0 unspecified atom stereocenters. The molecule has 2 N–H and O–H groups in total. The van der Waals surface area contributed by atoms with Crippen molar-refractivity contribution in [1.29, 1.82) is 0 Å². The molecule has 0 fully saturated rings. The molecule has 0 aliphatic heterocycles. The van der Waals surface area contributed by atoms with Crippen molar-refractivity contribution < 1.29 is 19.8 Å². The van der Waals surface area contributed by atoms with Gasteiger partial charge in [0.15, 0.2) is 0 Å². The van der Waals surface area contributed by atoms with Gasteiger partial charge in [-0.15, -0.1) is 5.06 Å². The molecule has 0 aromatic rings. The van der Waals surface area contributed by atoms with Crippen LogP contribution in [0.5, 0.6) is 0 Å². The van der Waals surface area contributed by atoms with Gasteiger partial charge in [0.1, 0.15) is 0 Å². The van der Waals surface area contributed by atoms with E-state index < -0.39 is 0 Å². The van der Waals surface area contributed by atoms with Crippen molar-refractivity contribution >= 4 is 5.97 Å². The summed E-state index contributed by atoms with van der Waals surface area (Å²) in [7, 11) is 0. The zero-order chi connectivity index (χ0) is 22.8. The van der Waals surface area contributed by atoms with Crippen molar-refractivity contribution in [2.75, 3.05) is 26.3 Å². The lowest BCUT2D eigenvalue weighted by Crippen LogP contribution is -2.32. The Kier molecular flexibility index (Phi) is 25.1. The van der Waals surface area contributed by atoms with Crippen LogP contribution in [0.1, 0.15) is 135 Å². The Morgan fingerprint density at radius 2 is 0.903 bits per heavy atom. The smallest absolute Gasteiger partial charge is 0.325 e. The Balaban J connectivity index is 3.23. The molecule has 5 heteroatoms. The van der Waals surface area contributed by atoms with Gasteiger partial charge in [0.2, 0.25) is 0 Å². The summed E-state index contributed by atoms with van der Waals surface area (Å²) in [4.78, 5) is 16.9. The van der Waals surface area contributed by atoms with Crippen LogP contribution in [0.4, 0.5) is 0 Å². The van der Waals surface area contributed by atoms with Gasteiger partial charge < -0.3 is 15.1 Å². The second kappa shape index (κ2) is 25.6. The molecule has 0 rings (SSSR count). The highest BCUT2D eigenvalue weighted by atomic mass is 16.7. The lowest BCUT2D eigenvalue weighted by atomic mass is 10.0. The SMILES string of the molecule is CCCCCCCCCCCCCCCCCCCCCC(=O)ON(CCO)CCO. The number of hydrogen-bond donors (Lipinski definition) is 2. The van der Waals surface area contributed by atoms with E-state index >= 15 is 0 Å². The topological polar surface area (TPSA) is 70.0 Å². The number of hydroxylamine groups is 2. The molecular formula is C26H53NO4. The third kappa shape index (κ3) is 23.8. The third-order valence-electron chi connectivity index (χ3n) is 5.91. The van der Waals surface area contributed by atoms with Crippen LogP contribution in [-0.2, 0) is 9.63 Å². The molecule has 0 aromatic heterocycles. The largest absolute Gasteiger partial charge is 0.395 e. The normalized spacial score (nSPS) is 11.4. The molecular weight excluding hydrogens is 390 g/mol. The lowest BCUT2D eigenvalue weighted by molar-refractivity contribution is -0.194. The molecule has 0 atom stereocenters. The van der Waals surface area contributed by atoms with Gasteiger partial charge in [-0.2, -0.15) is 0 Å². The predicted molar refractivity (Wildman–Crippen MR) is 130 cm³/mol.